The van der Waals surface area contributed by atoms with Crippen LogP contribution in [0.25, 0.3) is 0 Å². The van der Waals surface area contributed by atoms with E-state index >= 15 is 0 Å². The zero-order valence-corrected chi connectivity index (χ0v) is 17.6. The van der Waals surface area contributed by atoms with Gasteiger partial charge in [-0.05, 0) is 55.0 Å². The Hall–Kier alpha value is -1.95. The van der Waals surface area contributed by atoms with Crippen molar-refractivity contribution < 1.29 is 9.47 Å². The van der Waals surface area contributed by atoms with Crippen molar-refractivity contribution in [3.63, 3.8) is 0 Å². The fourth-order valence-corrected chi connectivity index (χ4v) is 4.38. The van der Waals surface area contributed by atoms with Gasteiger partial charge in [-0.25, -0.2) is 0 Å². The minimum absolute atomic E-state index is 0.710. The van der Waals surface area contributed by atoms with Crippen LogP contribution in [0.5, 0.6) is 5.75 Å². The molecule has 0 radical (unpaired) electrons. The van der Waals surface area contributed by atoms with Gasteiger partial charge in [0.25, 0.3) is 0 Å². The van der Waals surface area contributed by atoms with Gasteiger partial charge in [0.2, 0.25) is 0 Å². The summed E-state index contributed by atoms with van der Waals surface area (Å²) in [7, 11) is 0. The number of morpholine rings is 1. The number of pyridine rings is 1. The maximum atomic E-state index is 6.04. The Kier molecular flexibility index (Phi) is 7.14. The molecule has 0 N–H and O–H groups in total. The van der Waals surface area contributed by atoms with Crippen molar-refractivity contribution in [1.29, 1.82) is 0 Å². The maximum Gasteiger partial charge on any atom is 0.124 e. The third kappa shape index (κ3) is 5.56. The number of nitrogens with zero attached hydrogens (tertiary/aromatic N) is 3. The van der Waals surface area contributed by atoms with E-state index in [0.29, 0.717) is 6.61 Å². The van der Waals surface area contributed by atoms with Gasteiger partial charge < -0.3 is 9.47 Å². The van der Waals surface area contributed by atoms with Crippen molar-refractivity contribution >= 4 is 0 Å². The lowest BCUT2D eigenvalue weighted by molar-refractivity contribution is 0.0324. The van der Waals surface area contributed by atoms with Gasteiger partial charge >= 0.3 is 0 Å². The van der Waals surface area contributed by atoms with Gasteiger partial charge in [-0.15, -0.1) is 0 Å². The lowest BCUT2D eigenvalue weighted by Crippen LogP contribution is -2.41. The molecule has 0 bridgehead atoms. The number of ether oxygens (including phenoxy) is 2. The number of hydrogen-bond donors (Lipinski definition) is 0. The van der Waals surface area contributed by atoms with Crippen LogP contribution in [0.1, 0.15) is 35.6 Å². The quantitative estimate of drug-likeness (QED) is 0.651. The molecule has 2 aromatic rings. The predicted octanol–water partition coefficient (Wildman–Crippen LogP) is 3.30. The highest BCUT2D eigenvalue weighted by Crippen LogP contribution is 2.31. The molecule has 29 heavy (non-hydrogen) atoms. The van der Waals surface area contributed by atoms with Crippen molar-refractivity contribution in [3.05, 3.63) is 58.9 Å². The molecule has 1 aliphatic heterocycles. The molecule has 1 aromatic heterocycles. The number of rotatable bonds is 9. The number of aromatic nitrogens is 1. The van der Waals surface area contributed by atoms with E-state index in [2.05, 4.69) is 39.9 Å². The monoisotopic (exact) mass is 395 g/mol. The van der Waals surface area contributed by atoms with Crippen LogP contribution in [0.4, 0.5) is 0 Å². The molecule has 2 heterocycles. The molecule has 0 spiro atoms. The lowest BCUT2D eigenvalue weighted by atomic mass is 10.0. The fraction of sp³-hybridized carbons (Fsp3) is 0.542. The summed E-state index contributed by atoms with van der Waals surface area (Å²) in [4.78, 5) is 9.35. The zero-order valence-electron chi connectivity index (χ0n) is 17.6. The molecule has 5 nitrogen and oxygen atoms in total. The molecule has 1 fully saturated rings. The molecule has 0 saturated carbocycles. The molecule has 1 saturated heterocycles. The van der Waals surface area contributed by atoms with E-state index in [1.54, 1.807) is 0 Å². The van der Waals surface area contributed by atoms with Gasteiger partial charge in [0.1, 0.15) is 5.75 Å². The van der Waals surface area contributed by atoms with Crippen LogP contribution in [-0.4, -0.2) is 60.8 Å². The Balaban J connectivity index is 1.50. The highest BCUT2D eigenvalue weighted by Gasteiger charge is 2.19. The van der Waals surface area contributed by atoms with Crippen LogP contribution < -0.4 is 4.74 Å². The SMILES string of the molecule is CCOc1cc2c(cc1CN(CCN1CCOCC1)Cc1cccnc1)CCC2. The summed E-state index contributed by atoms with van der Waals surface area (Å²) < 4.78 is 11.5. The Morgan fingerprint density at radius 1 is 1.14 bits per heavy atom. The zero-order chi connectivity index (χ0) is 19.9. The van der Waals surface area contributed by atoms with Crippen molar-refractivity contribution in [3.8, 4) is 5.75 Å². The highest BCUT2D eigenvalue weighted by atomic mass is 16.5. The van der Waals surface area contributed by atoms with E-state index in [-0.39, 0.29) is 0 Å². The average Bonchev–Trinajstić information content (AvgIpc) is 3.21. The van der Waals surface area contributed by atoms with E-state index in [1.165, 1.54) is 41.5 Å². The van der Waals surface area contributed by atoms with E-state index in [4.69, 9.17) is 9.47 Å². The van der Waals surface area contributed by atoms with Crippen molar-refractivity contribution in [1.82, 2.24) is 14.8 Å². The maximum absolute atomic E-state index is 6.04. The number of benzene rings is 1. The molecule has 0 atom stereocenters. The molecular weight excluding hydrogens is 362 g/mol. The minimum atomic E-state index is 0.710. The van der Waals surface area contributed by atoms with Gasteiger partial charge in [0.15, 0.2) is 0 Å². The first kappa shape index (κ1) is 20.3. The summed E-state index contributed by atoms with van der Waals surface area (Å²) in [5, 5.41) is 0. The molecule has 1 aliphatic carbocycles. The summed E-state index contributed by atoms with van der Waals surface area (Å²) in [6.07, 6.45) is 7.47. The van der Waals surface area contributed by atoms with Crippen LogP contribution in [-0.2, 0) is 30.7 Å². The Bertz CT molecular complexity index is 775. The van der Waals surface area contributed by atoms with Crippen LogP contribution in [0.3, 0.4) is 0 Å². The second kappa shape index (κ2) is 10.2. The van der Waals surface area contributed by atoms with Crippen molar-refractivity contribution in [2.75, 3.05) is 46.0 Å². The van der Waals surface area contributed by atoms with E-state index < -0.39 is 0 Å². The molecule has 1 aromatic carbocycles. The molecule has 5 heteroatoms. The number of hydrogen-bond acceptors (Lipinski definition) is 5. The summed E-state index contributed by atoms with van der Waals surface area (Å²) in [6.45, 7) is 10.4. The van der Waals surface area contributed by atoms with Gasteiger partial charge in [-0.1, -0.05) is 12.1 Å². The van der Waals surface area contributed by atoms with E-state index in [1.807, 2.05) is 18.5 Å². The fourth-order valence-electron chi connectivity index (χ4n) is 4.38. The summed E-state index contributed by atoms with van der Waals surface area (Å²) in [6, 6.07) is 8.89. The summed E-state index contributed by atoms with van der Waals surface area (Å²) >= 11 is 0. The molecule has 156 valence electrons. The highest BCUT2D eigenvalue weighted by molar-refractivity contribution is 5.45. The Morgan fingerprint density at radius 2 is 1.97 bits per heavy atom. The van der Waals surface area contributed by atoms with Gasteiger partial charge in [-0.3, -0.25) is 14.8 Å². The third-order valence-corrected chi connectivity index (χ3v) is 5.93. The first-order valence-corrected chi connectivity index (χ1v) is 11.0. The predicted molar refractivity (Wildman–Crippen MR) is 115 cm³/mol. The van der Waals surface area contributed by atoms with Crippen LogP contribution >= 0.6 is 0 Å². The third-order valence-electron chi connectivity index (χ3n) is 5.93. The molecular formula is C24H33N3O2. The van der Waals surface area contributed by atoms with E-state index in [0.717, 1.165) is 58.2 Å². The topological polar surface area (TPSA) is 37.8 Å². The van der Waals surface area contributed by atoms with Crippen LogP contribution in [0, 0.1) is 0 Å². The van der Waals surface area contributed by atoms with Gasteiger partial charge in [-0.2, -0.15) is 0 Å². The second-order valence-corrected chi connectivity index (χ2v) is 8.04. The van der Waals surface area contributed by atoms with Gasteiger partial charge in [0, 0.05) is 57.2 Å². The lowest BCUT2D eigenvalue weighted by Gasteiger charge is -2.30. The second-order valence-electron chi connectivity index (χ2n) is 8.04. The Morgan fingerprint density at radius 3 is 2.72 bits per heavy atom. The first-order chi connectivity index (χ1) is 14.3. The molecule has 2 aliphatic rings. The molecule has 0 unspecified atom stereocenters. The summed E-state index contributed by atoms with van der Waals surface area (Å²) in [5.74, 6) is 1.07. The van der Waals surface area contributed by atoms with E-state index in [9.17, 15) is 0 Å². The minimum Gasteiger partial charge on any atom is -0.494 e. The normalized spacial score (nSPS) is 16.9. The number of fused-ring (bicyclic) bond motifs is 1. The molecule has 0 amide bonds. The van der Waals surface area contributed by atoms with Gasteiger partial charge in [0.05, 0.1) is 19.8 Å². The van der Waals surface area contributed by atoms with Crippen LogP contribution in [0.2, 0.25) is 0 Å². The Labute approximate surface area is 174 Å². The molecule has 4 rings (SSSR count). The largest absolute Gasteiger partial charge is 0.494 e. The van der Waals surface area contributed by atoms with Crippen molar-refractivity contribution in [2.24, 2.45) is 0 Å². The summed E-state index contributed by atoms with van der Waals surface area (Å²) in [5.41, 5.74) is 5.56. The smallest absolute Gasteiger partial charge is 0.124 e. The van der Waals surface area contributed by atoms with Crippen molar-refractivity contribution in [2.45, 2.75) is 39.3 Å². The standard InChI is InChI=1S/C24H33N3O2/c1-2-29-24-16-22-7-3-6-21(22)15-23(24)19-27(18-20-5-4-8-25-17-20)10-9-26-11-13-28-14-12-26/h4-5,8,15-17H,2-3,6-7,9-14,18-19H2,1H3. The first-order valence-electron chi connectivity index (χ1n) is 11.0. The number of aryl methyl sites for hydroxylation is 2. The average molecular weight is 396 g/mol. The van der Waals surface area contributed by atoms with Crippen LogP contribution in [0.15, 0.2) is 36.7 Å².